The number of carbonyl (C=O) groups excluding carboxylic acids is 1. The van der Waals surface area contributed by atoms with Gasteiger partial charge in [0.2, 0.25) is 5.91 Å². The van der Waals surface area contributed by atoms with Crippen LogP contribution in [0.25, 0.3) is 0 Å². The molecule has 1 N–H and O–H groups in total. The Hall–Kier alpha value is -2.15. The third kappa shape index (κ3) is 5.52. The number of rotatable bonds is 7. The second-order valence-corrected chi connectivity index (χ2v) is 5.32. The lowest BCUT2D eigenvalue weighted by Crippen LogP contribution is -2.49. The number of carboxylic acid groups (broad SMARTS) is 1. The molecule has 1 heterocycles. The van der Waals surface area contributed by atoms with Crippen molar-refractivity contribution >= 4 is 11.9 Å². The summed E-state index contributed by atoms with van der Waals surface area (Å²) in [4.78, 5) is 24.6. The molecular weight excluding hydrogens is 305 g/mol. The summed E-state index contributed by atoms with van der Waals surface area (Å²) in [6.45, 7) is 1.43. The van der Waals surface area contributed by atoms with Gasteiger partial charge in [0.05, 0.1) is 32.3 Å². The molecule has 0 aliphatic carbocycles. The lowest BCUT2D eigenvalue weighted by Gasteiger charge is -2.34. The van der Waals surface area contributed by atoms with Crippen LogP contribution >= 0.6 is 0 Å². The topological polar surface area (TPSA) is 76.1 Å². The molecule has 126 valence electrons. The molecule has 1 fully saturated rings. The van der Waals surface area contributed by atoms with E-state index in [1.165, 1.54) is 24.3 Å². The van der Waals surface area contributed by atoms with Gasteiger partial charge in [0.15, 0.2) is 0 Å². The molecule has 23 heavy (non-hydrogen) atoms. The number of carbonyl (C=O) groups is 2. The number of nitrogens with zero attached hydrogens (tertiary/aromatic N) is 1. The normalized spacial score (nSPS) is 17.8. The fourth-order valence-corrected chi connectivity index (χ4v) is 2.44. The number of halogens is 1. The van der Waals surface area contributed by atoms with E-state index in [9.17, 15) is 14.0 Å². The van der Waals surface area contributed by atoms with Crippen LogP contribution in [0.15, 0.2) is 24.3 Å². The smallest absolute Gasteiger partial charge is 0.305 e. The number of amides is 1. The van der Waals surface area contributed by atoms with Crippen molar-refractivity contribution in [3.8, 4) is 5.75 Å². The Bertz CT molecular complexity index is 534. The predicted molar refractivity (Wildman–Crippen MR) is 79.7 cm³/mol. The molecule has 1 aromatic carbocycles. The zero-order chi connectivity index (χ0) is 16.7. The number of carboxylic acids is 1. The Kier molecular flexibility index (Phi) is 6.34. The van der Waals surface area contributed by atoms with Gasteiger partial charge in [-0.05, 0) is 30.7 Å². The van der Waals surface area contributed by atoms with Crippen molar-refractivity contribution < 1.29 is 28.6 Å². The van der Waals surface area contributed by atoms with Gasteiger partial charge in [0, 0.05) is 13.0 Å². The number of aliphatic carboxylic acids is 1. The Morgan fingerprint density at radius 1 is 1.35 bits per heavy atom. The molecule has 0 bridgehead atoms. The minimum atomic E-state index is -0.946. The highest BCUT2D eigenvalue weighted by molar-refractivity contribution is 5.77. The summed E-state index contributed by atoms with van der Waals surface area (Å²) in [6.07, 6.45) is 0.669. The molecule has 0 saturated carbocycles. The van der Waals surface area contributed by atoms with E-state index in [4.69, 9.17) is 14.6 Å². The fraction of sp³-hybridized carbons (Fsp3) is 0.500. The molecule has 6 nitrogen and oxygen atoms in total. The van der Waals surface area contributed by atoms with Crippen LogP contribution in [0.1, 0.15) is 19.3 Å². The third-order valence-corrected chi connectivity index (χ3v) is 3.58. The fourth-order valence-electron chi connectivity index (χ4n) is 2.44. The number of hydrogen-bond donors (Lipinski definition) is 1. The Morgan fingerprint density at radius 3 is 2.78 bits per heavy atom. The van der Waals surface area contributed by atoms with Gasteiger partial charge < -0.3 is 19.5 Å². The van der Waals surface area contributed by atoms with Crippen LogP contribution < -0.4 is 4.74 Å². The zero-order valence-corrected chi connectivity index (χ0v) is 12.7. The molecule has 1 atom stereocenters. The van der Waals surface area contributed by atoms with Crippen molar-refractivity contribution in [2.75, 3.05) is 26.4 Å². The average Bonchev–Trinajstić information content (AvgIpc) is 2.53. The van der Waals surface area contributed by atoms with E-state index >= 15 is 0 Å². The molecule has 2 rings (SSSR count). The molecule has 0 spiro atoms. The summed E-state index contributed by atoms with van der Waals surface area (Å²) in [5.41, 5.74) is 0. The van der Waals surface area contributed by atoms with Crippen molar-refractivity contribution in [1.82, 2.24) is 4.90 Å². The summed E-state index contributed by atoms with van der Waals surface area (Å²) in [6, 6.07) is 5.27. The lowest BCUT2D eigenvalue weighted by atomic mass is 10.1. The van der Waals surface area contributed by atoms with Gasteiger partial charge in [-0.15, -0.1) is 0 Å². The standard InChI is InChI=1S/C16H20FNO5/c17-12-3-5-14(6-4-12)23-8-1-2-15(19)18-7-9-22-11-13(18)10-16(20)21/h3-6,13H,1-2,7-11H2,(H,20,21). The molecule has 1 aliphatic heterocycles. The molecule has 1 amide bonds. The van der Waals surface area contributed by atoms with Crippen LogP contribution in [0.2, 0.25) is 0 Å². The molecule has 1 aliphatic rings. The van der Waals surface area contributed by atoms with Gasteiger partial charge in [-0.2, -0.15) is 0 Å². The first-order valence-corrected chi connectivity index (χ1v) is 7.53. The molecule has 0 aromatic heterocycles. The summed E-state index contributed by atoms with van der Waals surface area (Å²) in [5.74, 6) is -0.821. The zero-order valence-electron chi connectivity index (χ0n) is 12.7. The summed E-state index contributed by atoms with van der Waals surface area (Å²) >= 11 is 0. The van der Waals surface area contributed by atoms with E-state index in [0.29, 0.717) is 31.9 Å². The maximum absolute atomic E-state index is 12.8. The molecule has 1 saturated heterocycles. The van der Waals surface area contributed by atoms with Gasteiger partial charge in [-0.25, -0.2) is 4.39 Å². The Balaban J connectivity index is 1.74. The van der Waals surface area contributed by atoms with E-state index in [2.05, 4.69) is 0 Å². The minimum Gasteiger partial charge on any atom is -0.494 e. The van der Waals surface area contributed by atoms with Gasteiger partial charge in [0.1, 0.15) is 11.6 Å². The van der Waals surface area contributed by atoms with Gasteiger partial charge in [-0.3, -0.25) is 9.59 Å². The van der Waals surface area contributed by atoms with Crippen molar-refractivity contribution in [3.63, 3.8) is 0 Å². The Morgan fingerprint density at radius 2 is 2.09 bits per heavy atom. The first-order chi connectivity index (χ1) is 11.1. The van der Waals surface area contributed by atoms with E-state index in [1.807, 2.05) is 0 Å². The molecule has 7 heteroatoms. The molecule has 1 aromatic rings. The lowest BCUT2D eigenvalue weighted by molar-refractivity contribution is -0.146. The molecule has 1 unspecified atom stereocenters. The summed E-state index contributed by atoms with van der Waals surface area (Å²) in [5, 5.41) is 8.88. The van der Waals surface area contributed by atoms with Crippen molar-refractivity contribution in [1.29, 1.82) is 0 Å². The number of ether oxygens (including phenoxy) is 2. The molecular formula is C16H20FNO5. The highest BCUT2D eigenvalue weighted by Crippen LogP contribution is 2.14. The average molecular weight is 325 g/mol. The number of hydrogen-bond acceptors (Lipinski definition) is 4. The first kappa shape index (κ1) is 17.2. The second kappa shape index (κ2) is 8.47. The summed E-state index contributed by atoms with van der Waals surface area (Å²) in [7, 11) is 0. The van der Waals surface area contributed by atoms with Crippen LogP contribution in [0.4, 0.5) is 4.39 Å². The highest BCUT2D eigenvalue weighted by atomic mass is 19.1. The largest absolute Gasteiger partial charge is 0.494 e. The monoisotopic (exact) mass is 325 g/mol. The first-order valence-electron chi connectivity index (χ1n) is 7.53. The number of morpholine rings is 1. The van der Waals surface area contributed by atoms with E-state index in [0.717, 1.165) is 0 Å². The number of benzene rings is 1. The van der Waals surface area contributed by atoms with Gasteiger partial charge in [-0.1, -0.05) is 0 Å². The minimum absolute atomic E-state index is 0.0951. The third-order valence-electron chi connectivity index (χ3n) is 3.58. The second-order valence-electron chi connectivity index (χ2n) is 5.32. The SMILES string of the molecule is O=C(O)CC1COCCN1C(=O)CCCOc1ccc(F)cc1. The van der Waals surface area contributed by atoms with Crippen molar-refractivity contribution in [2.24, 2.45) is 0 Å². The Labute approximate surface area is 133 Å². The summed E-state index contributed by atoms with van der Waals surface area (Å²) < 4.78 is 23.4. The van der Waals surface area contributed by atoms with E-state index in [1.54, 1.807) is 4.90 Å². The van der Waals surface area contributed by atoms with E-state index < -0.39 is 12.0 Å². The van der Waals surface area contributed by atoms with Crippen LogP contribution in [0.3, 0.4) is 0 Å². The molecule has 0 radical (unpaired) electrons. The van der Waals surface area contributed by atoms with E-state index in [-0.39, 0.29) is 31.2 Å². The van der Waals surface area contributed by atoms with Crippen LogP contribution in [-0.2, 0) is 14.3 Å². The van der Waals surface area contributed by atoms with Crippen LogP contribution in [0, 0.1) is 5.82 Å². The van der Waals surface area contributed by atoms with Crippen LogP contribution in [0.5, 0.6) is 5.75 Å². The maximum Gasteiger partial charge on any atom is 0.305 e. The van der Waals surface area contributed by atoms with Gasteiger partial charge >= 0.3 is 5.97 Å². The van der Waals surface area contributed by atoms with Crippen molar-refractivity contribution in [2.45, 2.75) is 25.3 Å². The quantitative estimate of drug-likeness (QED) is 0.772. The van der Waals surface area contributed by atoms with Crippen LogP contribution in [-0.4, -0.2) is 54.3 Å². The van der Waals surface area contributed by atoms with Crippen molar-refractivity contribution in [3.05, 3.63) is 30.1 Å². The highest BCUT2D eigenvalue weighted by Gasteiger charge is 2.28. The predicted octanol–water partition coefficient (Wildman–Crippen LogP) is 1.69. The van der Waals surface area contributed by atoms with Gasteiger partial charge in [0.25, 0.3) is 0 Å². The maximum atomic E-state index is 12.8.